The van der Waals surface area contributed by atoms with Crippen molar-refractivity contribution in [2.24, 2.45) is 0 Å². The van der Waals surface area contributed by atoms with Gasteiger partial charge in [0.25, 0.3) is 0 Å². The Morgan fingerprint density at radius 3 is 2.50 bits per heavy atom. The van der Waals surface area contributed by atoms with Crippen LogP contribution in [-0.4, -0.2) is 19.5 Å². The molecule has 3 rings (SSSR count). The van der Waals surface area contributed by atoms with E-state index < -0.39 is 12.0 Å². The first-order valence-corrected chi connectivity index (χ1v) is 6.54. The second-order valence-electron chi connectivity index (χ2n) is 4.78. The molecule has 0 fully saturated rings. The molecule has 0 aliphatic heterocycles. The molecule has 0 amide bonds. The maximum Gasteiger partial charge on any atom is 0.451 e. The number of imidazole rings is 1. The Hall–Kier alpha value is -2.64. The zero-order valence-corrected chi connectivity index (χ0v) is 11.4. The van der Waals surface area contributed by atoms with Gasteiger partial charge >= 0.3 is 6.18 Å². The first kappa shape index (κ1) is 14.3. The molecule has 0 saturated heterocycles. The van der Waals surface area contributed by atoms with Crippen LogP contribution in [0.15, 0.2) is 36.7 Å². The molecule has 0 atom stereocenters. The Kier molecular flexibility index (Phi) is 3.44. The molecule has 2 N–H and O–H groups in total. The van der Waals surface area contributed by atoms with Gasteiger partial charge in [-0.15, -0.1) is 0 Å². The van der Waals surface area contributed by atoms with E-state index in [2.05, 4.69) is 15.0 Å². The minimum atomic E-state index is -4.64. The number of fused-ring (bicyclic) bond motifs is 1. The van der Waals surface area contributed by atoms with Gasteiger partial charge in [-0.3, -0.25) is 0 Å². The number of hydrogen-bond acceptors (Lipinski definition) is 4. The average Bonchev–Trinajstić information content (AvgIpc) is 2.89. The molecule has 0 unspecified atom stereocenters. The molecule has 0 bridgehead atoms. The Bertz CT molecular complexity index is 795. The molecule has 114 valence electrons. The summed E-state index contributed by atoms with van der Waals surface area (Å²) >= 11 is 0. The maximum atomic E-state index is 12.8. The van der Waals surface area contributed by atoms with E-state index in [1.807, 2.05) is 30.3 Å². The highest BCUT2D eigenvalue weighted by atomic mass is 19.4. The van der Waals surface area contributed by atoms with Crippen LogP contribution < -0.4 is 5.73 Å². The lowest BCUT2D eigenvalue weighted by Crippen LogP contribution is -2.14. The number of halogens is 3. The molecule has 5 nitrogen and oxygen atoms in total. The highest BCUT2D eigenvalue weighted by molar-refractivity contribution is 5.81. The number of aryl methyl sites for hydroxylation is 2. The first-order chi connectivity index (χ1) is 10.4. The van der Waals surface area contributed by atoms with E-state index in [0.29, 0.717) is 13.0 Å². The lowest BCUT2D eigenvalue weighted by atomic mass is 10.1. The van der Waals surface area contributed by atoms with Crippen molar-refractivity contribution in [3.8, 4) is 0 Å². The number of nitrogens with zero attached hydrogens (tertiary/aromatic N) is 4. The van der Waals surface area contributed by atoms with Crippen LogP contribution in [0.25, 0.3) is 11.2 Å². The number of benzene rings is 1. The minimum Gasteiger partial charge on any atom is -0.382 e. The fourth-order valence-corrected chi connectivity index (χ4v) is 2.15. The number of nitrogens with two attached hydrogens (primary N) is 1. The average molecular weight is 307 g/mol. The SMILES string of the molecule is Nc1nc(C(F)(F)F)nc2c1ncn2CCc1ccccc1. The predicted molar refractivity (Wildman–Crippen MR) is 74.9 cm³/mol. The third-order valence-corrected chi connectivity index (χ3v) is 3.23. The molecule has 8 heteroatoms. The number of hydrogen-bond donors (Lipinski definition) is 1. The van der Waals surface area contributed by atoms with E-state index >= 15 is 0 Å². The summed E-state index contributed by atoms with van der Waals surface area (Å²) in [6, 6.07) is 9.61. The van der Waals surface area contributed by atoms with Crippen LogP contribution in [0.2, 0.25) is 0 Å². The summed E-state index contributed by atoms with van der Waals surface area (Å²) in [6.07, 6.45) is -2.56. The molecule has 2 aromatic heterocycles. The number of alkyl halides is 3. The largest absolute Gasteiger partial charge is 0.451 e. The number of nitrogen functional groups attached to an aromatic ring is 1. The van der Waals surface area contributed by atoms with Crippen molar-refractivity contribution in [2.75, 3.05) is 5.73 Å². The molecule has 22 heavy (non-hydrogen) atoms. The van der Waals surface area contributed by atoms with Crippen molar-refractivity contribution in [3.63, 3.8) is 0 Å². The Balaban J connectivity index is 1.95. The highest BCUT2D eigenvalue weighted by Crippen LogP contribution is 2.28. The standard InChI is InChI=1S/C14H12F3N5/c15-14(16,17)13-20-11(18)10-12(21-13)22(8-19-10)7-6-9-4-2-1-3-5-9/h1-5,8H,6-7H2,(H2,18,20,21). The van der Waals surface area contributed by atoms with Crippen LogP contribution in [0, 0.1) is 0 Å². The second-order valence-corrected chi connectivity index (χ2v) is 4.78. The topological polar surface area (TPSA) is 69.6 Å². The van der Waals surface area contributed by atoms with Crippen molar-refractivity contribution in [2.45, 2.75) is 19.1 Å². The molecule has 2 heterocycles. The number of anilines is 1. The van der Waals surface area contributed by atoms with Gasteiger partial charge in [0.1, 0.15) is 5.52 Å². The summed E-state index contributed by atoms with van der Waals surface area (Å²) in [7, 11) is 0. The molecule has 0 spiro atoms. The third kappa shape index (κ3) is 2.72. The minimum absolute atomic E-state index is 0.0933. The van der Waals surface area contributed by atoms with Gasteiger partial charge in [0.2, 0.25) is 5.82 Å². The van der Waals surface area contributed by atoms with Gasteiger partial charge in [-0.2, -0.15) is 13.2 Å². The molecule has 0 aliphatic carbocycles. The van der Waals surface area contributed by atoms with Crippen molar-refractivity contribution in [3.05, 3.63) is 48.0 Å². The van der Waals surface area contributed by atoms with E-state index in [1.54, 1.807) is 4.57 Å². The zero-order chi connectivity index (χ0) is 15.7. The Labute approximate surface area is 123 Å². The smallest absolute Gasteiger partial charge is 0.382 e. The monoisotopic (exact) mass is 307 g/mol. The molecular weight excluding hydrogens is 295 g/mol. The summed E-state index contributed by atoms with van der Waals surface area (Å²) in [5.41, 5.74) is 6.89. The molecule has 0 aliphatic rings. The molecule has 0 radical (unpaired) electrons. The van der Waals surface area contributed by atoms with Gasteiger partial charge in [0.15, 0.2) is 11.5 Å². The van der Waals surface area contributed by atoms with Gasteiger partial charge in [-0.1, -0.05) is 30.3 Å². The van der Waals surface area contributed by atoms with Gasteiger partial charge in [0.05, 0.1) is 6.33 Å². The Morgan fingerprint density at radius 2 is 1.82 bits per heavy atom. The normalized spacial score (nSPS) is 12.0. The number of rotatable bonds is 3. The lowest BCUT2D eigenvalue weighted by Gasteiger charge is -2.08. The van der Waals surface area contributed by atoms with E-state index in [9.17, 15) is 13.2 Å². The summed E-state index contributed by atoms with van der Waals surface area (Å²) in [5.74, 6) is -1.52. The van der Waals surface area contributed by atoms with Crippen LogP contribution in [0.3, 0.4) is 0 Å². The van der Waals surface area contributed by atoms with Crippen LogP contribution in [0.4, 0.5) is 19.0 Å². The van der Waals surface area contributed by atoms with Crippen LogP contribution >= 0.6 is 0 Å². The summed E-state index contributed by atoms with van der Waals surface area (Å²) in [4.78, 5) is 10.8. The van der Waals surface area contributed by atoms with E-state index in [4.69, 9.17) is 5.73 Å². The second kappa shape index (κ2) is 5.28. The summed E-state index contributed by atoms with van der Waals surface area (Å²) in [5, 5.41) is 0. The van der Waals surface area contributed by atoms with Crippen molar-refractivity contribution in [1.82, 2.24) is 19.5 Å². The van der Waals surface area contributed by atoms with Gasteiger partial charge in [0, 0.05) is 6.54 Å². The zero-order valence-electron chi connectivity index (χ0n) is 11.4. The molecule has 3 aromatic rings. The third-order valence-electron chi connectivity index (χ3n) is 3.23. The van der Waals surface area contributed by atoms with Gasteiger partial charge in [-0.05, 0) is 12.0 Å². The fraction of sp³-hybridized carbons (Fsp3) is 0.214. The fourth-order valence-electron chi connectivity index (χ4n) is 2.15. The maximum absolute atomic E-state index is 12.8. The summed E-state index contributed by atoms with van der Waals surface area (Å²) in [6.45, 7) is 0.453. The van der Waals surface area contributed by atoms with E-state index in [1.165, 1.54) is 6.33 Å². The van der Waals surface area contributed by atoms with Crippen LogP contribution in [0.1, 0.15) is 11.4 Å². The highest BCUT2D eigenvalue weighted by Gasteiger charge is 2.36. The summed E-state index contributed by atoms with van der Waals surface area (Å²) < 4.78 is 39.9. The Morgan fingerprint density at radius 1 is 1.09 bits per heavy atom. The number of aromatic nitrogens is 4. The quantitative estimate of drug-likeness (QED) is 0.807. The van der Waals surface area contributed by atoms with Crippen LogP contribution in [0.5, 0.6) is 0 Å². The molecule has 1 aromatic carbocycles. The molecular formula is C14H12F3N5. The van der Waals surface area contributed by atoms with E-state index in [0.717, 1.165) is 5.56 Å². The van der Waals surface area contributed by atoms with Crippen molar-refractivity contribution in [1.29, 1.82) is 0 Å². The predicted octanol–water partition coefficient (Wildman–Crippen LogP) is 2.67. The van der Waals surface area contributed by atoms with Gasteiger partial charge in [-0.25, -0.2) is 15.0 Å². The lowest BCUT2D eigenvalue weighted by molar-refractivity contribution is -0.144. The first-order valence-electron chi connectivity index (χ1n) is 6.54. The van der Waals surface area contributed by atoms with Crippen molar-refractivity contribution >= 4 is 17.0 Å². The van der Waals surface area contributed by atoms with Crippen molar-refractivity contribution < 1.29 is 13.2 Å². The van der Waals surface area contributed by atoms with Crippen LogP contribution in [-0.2, 0) is 19.1 Å². The van der Waals surface area contributed by atoms with E-state index in [-0.39, 0.29) is 17.0 Å². The molecule has 0 saturated carbocycles. The van der Waals surface area contributed by atoms with Gasteiger partial charge < -0.3 is 10.3 Å².